The fraction of sp³-hybridized carbons (Fsp3) is 0.188. The zero-order chi connectivity index (χ0) is 16.7. The molecule has 0 heterocycles. The maximum atomic E-state index is 11.8. The van der Waals surface area contributed by atoms with Gasteiger partial charge in [0.15, 0.2) is 0 Å². The molecule has 2 aromatic carbocycles. The second kappa shape index (κ2) is 7.90. The average molecular weight is 317 g/mol. The molecular weight excluding hydrogens is 302 g/mol. The molecule has 7 nitrogen and oxygen atoms in total. The number of aliphatic hydroxyl groups excluding tert-OH is 1. The quantitative estimate of drug-likeness (QED) is 0.477. The summed E-state index contributed by atoms with van der Waals surface area (Å²) in [5.74, 6) is -0.0631. The minimum atomic E-state index is -0.975. The van der Waals surface area contributed by atoms with Crippen LogP contribution < -0.4 is 4.74 Å². The van der Waals surface area contributed by atoms with E-state index >= 15 is 0 Å². The molecule has 120 valence electrons. The van der Waals surface area contributed by atoms with Gasteiger partial charge in [-0.25, -0.2) is 4.79 Å². The van der Waals surface area contributed by atoms with Gasteiger partial charge in [0.2, 0.25) is 0 Å². The van der Waals surface area contributed by atoms with Crippen LogP contribution in [0.25, 0.3) is 0 Å². The molecule has 0 aromatic heterocycles. The monoisotopic (exact) mass is 317 g/mol. The van der Waals surface area contributed by atoms with Crippen LogP contribution in [-0.2, 0) is 4.74 Å². The van der Waals surface area contributed by atoms with Crippen LogP contribution in [0.2, 0.25) is 0 Å². The van der Waals surface area contributed by atoms with Gasteiger partial charge in [0.25, 0.3) is 5.69 Å². The van der Waals surface area contributed by atoms with E-state index in [1.165, 1.54) is 24.3 Å². The van der Waals surface area contributed by atoms with Crippen molar-refractivity contribution in [1.29, 1.82) is 0 Å². The standard InChI is InChI=1S/C16H15NO6/c18-14(10-22-15-4-2-1-3-5-15)11-23-16(19)12-6-8-13(9-7-12)17(20)21/h1-9,14,18H,10-11H2/t14-/m0/s1. The first-order chi connectivity index (χ1) is 11.1. The molecule has 0 aliphatic heterocycles. The molecule has 1 atom stereocenters. The Morgan fingerprint density at radius 1 is 1.09 bits per heavy atom. The van der Waals surface area contributed by atoms with Crippen LogP contribution in [-0.4, -0.2) is 35.3 Å². The zero-order valence-corrected chi connectivity index (χ0v) is 12.1. The van der Waals surface area contributed by atoms with Gasteiger partial charge in [0.1, 0.15) is 25.1 Å². The summed E-state index contributed by atoms with van der Waals surface area (Å²) < 4.78 is 10.3. The largest absolute Gasteiger partial charge is 0.491 e. The first kappa shape index (κ1) is 16.4. The summed E-state index contributed by atoms with van der Waals surface area (Å²) >= 11 is 0. The Morgan fingerprint density at radius 2 is 1.74 bits per heavy atom. The first-order valence-electron chi connectivity index (χ1n) is 6.84. The number of nitrogens with zero attached hydrogens (tertiary/aromatic N) is 1. The minimum Gasteiger partial charge on any atom is -0.491 e. The number of esters is 1. The highest BCUT2D eigenvalue weighted by atomic mass is 16.6. The molecule has 23 heavy (non-hydrogen) atoms. The highest BCUT2D eigenvalue weighted by Crippen LogP contribution is 2.13. The van der Waals surface area contributed by atoms with E-state index in [4.69, 9.17) is 9.47 Å². The lowest BCUT2D eigenvalue weighted by Gasteiger charge is -2.12. The fourth-order valence-electron chi connectivity index (χ4n) is 1.73. The van der Waals surface area contributed by atoms with Crippen molar-refractivity contribution < 1.29 is 24.3 Å². The molecule has 0 spiro atoms. The van der Waals surface area contributed by atoms with Crippen molar-refractivity contribution in [1.82, 2.24) is 0 Å². The summed E-state index contributed by atoms with van der Waals surface area (Å²) in [7, 11) is 0. The van der Waals surface area contributed by atoms with Crippen LogP contribution in [0.15, 0.2) is 54.6 Å². The topological polar surface area (TPSA) is 98.9 Å². The van der Waals surface area contributed by atoms with Crippen LogP contribution in [0.1, 0.15) is 10.4 Å². The van der Waals surface area contributed by atoms with E-state index in [9.17, 15) is 20.0 Å². The van der Waals surface area contributed by atoms with E-state index in [-0.39, 0.29) is 24.5 Å². The lowest BCUT2D eigenvalue weighted by molar-refractivity contribution is -0.384. The van der Waals surface area contributed by atoms with Gasteiger partial charge in [0.05, 0.1) is 10.5 Å². The summed E-state index contributed by atoms with van der Waals surface area (Å²) in [4.78, 5) is 21.7. The molecule has 1 N–H and O–H groups in total. The third-order valence-corrected chi connectivity index (χ3v) is 2.91. The van der Waals surface area contributed by atoms with Crippen LogP contribution in [0.5, 0.6) is 5.75 Å². The predicted octanol–water partition coefficient (Wildman–Crippen LogP) is 2.19. The molecule has 0 saturated carbocycles. The number of hydrogen-bond donors (Lipinski definition) is 1. The van der Waals surface area contributed by atoms with Crippen LogP contribution >= 0.6 is 0 Å². The summed E-state index contributed by atoms with van der Waals surface area (Å²) in [6.07, 6.45) is -0.975. The van der Waals surface area contributed by atoms with Crippen molar-refractivity contribution in [2.75, 3.05) is 13.2 Å². The molecule has 0 fully saturated rings. The van der Waals surface area contributed by atoms with Gasteiger partial charge in [-0.2, -0.15) is 0 Å². The third-order valence-electron chi connectivity index (χ3n) is 2.91. The molecule has 0 saturated heterocycles. The predicted molar refractivity (Wildman–Crippen MR) is 81.3 cm³/mol. The van der Waals surface area contributed by atoms with Crippen LogP contribution in [0.4, 0.5) is 5.69 Å². The second-order valence-electron chi connectivity index (χ2n) is 4.68. The lowest BCUT2D eigenvalue weighted by atomic mass is 10.2. The number of rotatable bonds is 7. The Hall–Kier alpha value is -2.93. The van der Waals surface area contributed by atoms with Gasteiger partial charge < -0.3 is 14.6 Å². The Morgan fingerprint density at radius 3 is 2.35 bits per heavy atom. The Kier molecular flexibility index (Phi) is 5.65. The number of non-ortho nitro benzene ring substituents is 1. The van der Waals surface area contributed by atoms with Crippen LogP contribution in [0, 0.1) is 10.1 Å². The Balaban J connectivity index is 1.78. The van der Waals surface area contributed by atoms with Crippen molar-refractivity contribution in [2.45, 2.75) is 6.10 Å². The van der Waals surface area contributed by atoms with Crippen molar-refractivity contribution in [3.8, 4) is 5.75 Å². The molecular formula is C16H15NO6. The second-order valence-corrected chi connectivity index (χ2v) is 4.68. The van der Waals surface area contributed by atoms with Crippen molar-refractivity contribution >= 4 is 11.7 Å². The third kappa shape index (κ3) is 5.08. The smallest absolute Gasteiger partial charge is 0.338 e. The average Bonchev–Trinajstić information content (AvgIpc) is 2.58. The maximum Gasteiger partial charge on any atom is 0.338 e. The number of nitro benzene ring substituents is 1. The van der Waals surface area contributed by atoms with E-state index in [1.54, 1.807) is 24.3 Å². The van der Waals surface area contributed by atoms with Gasteiger partial charge >= 0.3 is 5.97 Å². The summed E-state index contributed by atoms with van der Waals surface area (Å²) in [6, 6.07) is 14.0. The Bertz CT molecular complexity index is 656. The Labute approximate surface area is 132 Å². The zero-order valence-electron chi connectivity index (χ0n) is 12.1. The highest BCUT2D eigenvalue weighted by Gasteiger charge is 2.13. The van der Waals surface area contributed by atoms with E-state index in [0.29, 0.717) is 5.75 Å². The van der Waals surface area contributed by atoms with Gasteiger partial charge in [0, 0.05) is 12.1 Å². The number of nitro groups is 1. The number of carbonyl (C=O) groups is 1. The van der Waals surface area contributed by atoms with Gasteiger partial charge in [-0.1, -0.05) is 18.2 Å². The molecule has 0 radical (unpaired) electrons. The lowest BCUT2D eigenvalue weighted by Crippen LogP contribution is -2.25. The summed E-state index contributed by atoms with van der Waals surface area (Å²) in [6.45, 7) is -0.250. The van der Waals surface area contributed by atoms with Gasteiger partial charge in [-0.3, -0.25) is 10.1 Å². The van der Waals surface area contributed by atoms with Crippen molar-refractivity contribution in [3.05, 3.63) is 70.3 Å². The fourth-order valence-corrected chi connectivity index (χ4v) is 1.73. The number of ether oxygens (including phenoxy) is 2. The number of benzene rings is 2. The number of para-hydroxylation sites is 1. The van der Waals surface area contributed by atoms with Crippen LogP contribution in [0.3, 0.4) is 0 Å². The van der Waals surface area contributed by atoms with Crippen molar-refractivity contribution in [2.24, 2.45) is 0 Å². The van der Waals surface area contributed by atoms with Gasteiger partial charge in [-0.15, -0.1) is 0 Å². The first-order valence-corrected chi connectivity index (χ1v) is 6.84. The number of aliphatic hydroxyl groups is 1. The SMILES string of the molecule is O=C(OC[C@@H](O)COc1ccccc1)c1ccc([N+](=O)[O-])cc1. The number of hydrogen-bond acceptors (Lipinski definition) is 6. The highest BCUT2D eigenvalue weighted by molar-refractivity contribution is 5.89. The molecule has 0 bridgehead atoms. The maximum absolute atomic E-state index is 11.8. The summed E-state index contributed by atoms with van der Waals surface area (Å²) in [5, 5.41) is 20.3. The summed E-state index contributed by atoms with van der Waals surface area (Å²) in [5.41, 5.74) is 0.0598. The molecule has 0 aliphatic carbocycles. The minimum absolute atomic E-state index is 0.0163. The normalized spacial score (nSPS) is 11.5. The van der Waals surface area contributed by atoms with Crippen molar-refractivity contribution in [3.63, 3.8) is 0 Å². The molecule has 0 unspecified atom stereocenters. The number of carbonyl (C=O) groups excluding carboxylic acids is 1. The molecule has 7 heteroatoms. The molecule has 0 aliphatic rings. The molecule has 2 rings (SSSR count). The van der Waals surface area contributed by atoms with E-state index < -0.39 is 17.0 Å². The van der Waals surface area contributed by atoms with E-state index in [1.807, 2.05) is 6.07 Å². The van der Waals surface area contributed by atoms with E-state index in [0.717, 1.165) is 0 Å². The molecule has 0 amide bonds. The van der Waals surface area contributed by atoms with E-state index in [2.05, 4.69) is 0 Å². The van der Waals surface area contributed by atoms with Gasteiger partial charge in [-0.05, 0) is 24.3 Å². The molecule has 2 aromatic rings.